The number of nitrogens with one attached hydrogen (secondary N) is 1. The standard InChI is InChI=1S/C15H31N/c1-4-6-7-8-12-15(16-5-2)14-11-9-10-13(14)3/h13-16H,4-12H2,1-3H3. The summed E-state index contributed by atoms with van der Waals surface area (Å²) in [7, 11) is 0. The molecule has 1 heteroatoms. The molecule has 1 saturated carbocycles. The Balaban J connectivity index is 2.28. The van der Waals surface area contributed by atoms with Gasteiger partial charge in [0.15, 0.2) is 0 Å². The monoisotopic (exact) mass is 225 g/mol. The van der Waals surface area contributed by atoms with Crippen molar-refractivity contribution in [1.82, 2.24) is 5.32 Å². The fourth-order valence-corrected chi connectivity index (χ4v) is 3.29. The third kappa shape index (κ3) is 4.45. The number of hydrogen-bond acceptors (Lipinski definition) is 1. The Kier molecular flexibility index (Phi) is 7.11. The Morgan fingerprint density at radius 1 is 1.12 bits per heavy atom. The van der Waals surface area contributed by atoms with Gasteiger partial charge in [0.2, 0.25) is 0 Å². The first-order valence-electron chi connectivity index (χ1n) is 7.53. The Hall–Kier alpha value is -0.0400. The van der Waals surface area contributed by atoms with Crippen LogP contribution in [0, 0.1) is 11.8 Å². The van der Waals surface area contributed by atoms with Crippen LogP contribution < -0.4 is 5.32 Å². The fraction of sp³-hybridized carbons (Fsp3) is 1.00. The van der Waals surface area contributed by atoms with Gasteiger partial charge in [0.25, 0.3) is 0 Å². The van der Waals surface area contributed by atoms with Gasteiger partial charge in [-0.25, -0.2) is 0 Å². The van der Waals surface area contributed by atoms with E-state index in [0.717, 1.165) is 24.4 Å². The van der Waals surface area contributed by atoms with Gasteiger partial charge in [-0.3, -0.25) is 0 Å². The summed E-state index contributed by atoms with van der Waals surface area (Å²) < 4.78 is 0. The molecule has 0 amide bonds. The Morgan fingerprint density at radius 3 is 2.50 bits per heavy atom. The van der Waals surface area contributed by atoms with E-state index in [-0.39, 0.29) is 0 Å². The fourth-order valence-electron chi connectivity index (χ4n) is 3.29. The highest BCUT2D eigenvalue weighted by molar-refractivity contribution is 4.84. The quantitative estimate of drug-likeness (QED) is 0.605. The maximum atomic E-state index is 3.73. The largest absolute Gasteiger partial charge is 0.314 e. The van der Waals surface area contributed by atoms with Crippen LogP contribution in [0.4, 0.5) is 0 Å². The Bertz CT molecular complexity index is 167. The summed E-state index contributed by atoms with van der Waals surface area (Å²) in [5, 5.41) is 3.73. The van der Waals surface area contributed by atoms with E-state index in [1.807, 2.05) is 0 Å². The van der Waals surface area contributed by atoms with Gasteiger partial charge >= 0.3 is 0 Å². The maximum absolute atomic E-state index is 3.73. The van der Waals surface area contributed by atoms with E-state index >= 15 is 0 Å². The van der Waals surface area contributed by atoms with Crippen LogP contribution in [-0.2, 0) is 0 Å². The minimum Gasteiger partial charge on any atom is -0.314 e. The Labute approximate surface area is 102 Å². The lowest BCUT2D eigenvalue weighted by molar-refractivity contribution is 0.281. The van der Waals surface area contributed by atoms with Gasteiger partial charge in [-0.1, -0.05) is 59.3 Å². The first-order chi connectivity index (χ1) is 7.79. The molecule has 0 aromatic carbocycles. The van der Waals surface area contributed by atoms with Gasteiger partial charge in [0.05, 0.1) is 0 Å². The van der Waals surface area contributed by atoms with E-state index in [2.05, 4.69) is 26.1 Å². The van der Waals surface area contributed by atoms with Crippen LogP contribution in [0.15, 0.2) is 0 Å². The molecule has 0 bridgehead atoms. The van der Waals surface area contributed by atoms with Crippen LogP contribution >= 0.6 is 0 Å². The van der Waals surface area contributed by atoms with Crippen molar-refractivity contribution in [2.75, 3.05) is 6.54 Å². The highest BCUT2D eigenvalue weighted by atomic mass is 14.9. The summed E-state index contributed by atoms with van der Waals surface area (Å²) in [5.41, 5.74) is 0. The molecule has 0 saturated heterocycles. The zero-order chi connectivity index (χ0) is 11.8. The molecule has 0 spiro atoms. The molecule has 0 aliphatic heterocycles. The maximum Gasteiger partial charge on any atom is 0.00977 e. The highest BCUT2D eigenvalue weighted by Crippen LogP contribution is 2.35. The number of unbranched alkanes of at least 4 members (excludes halogenated alkanes) is 3. The van der Waals surface area contributed by atoms with Crippen molar-refractivity contribution in [3.63, 3.8) is 0 Å². The van der Waals surface area contributed by atoms with Crippen molar-refractivity contribution in [2.24, 2.45) is 11.8 Å². The Morgan fingerprint density at radius 2 is 1.94 bits per heavy atom. The molecule has 1 N–H and O–H groups in total. The second kappa shape index (κ2) is 8.11. The van der Waals surface area contributed by atoms with Crippen LogP contribution in [0.1, 0.15) is 72.1 Å². The third-order valence-corrected chi connectivity index (χ3v) is 4.28. The topological polar surface area (TPSA) is 12.0 Å². The van der Waals surface area contributed by atoms with Crippen LogP contribution in [0.5, 0.6) is 0 Å². The van der Waals surface area contributed by atoms with Crippen LogP contribution in [0.25, 0.3) is 0 Å². The molecular weight excluding hydrogens is 194 g/mol. The molecule has 3 unspecified atom stereocenters. The van der Waals surface area contributed by atoms with E-state index in [9.17, 15) is 0 Å². The van der Waals surface area contributed by atoms with Gasteiger partial charge in [-0.2, -0.15) is 0 Å². The molecule has 1 aliphatic rings. The third-order valence-electron chi connectivity index (χ3n) is 4.28. The van der Waals surface area contributed by atoms with E-state index in [0.29, 0.717) is 0 Å². The first-order valence-corrected chi connectivity index (χ1v) is 7.53. The van der Waals surface area contributed by atoms with Gasteiger partial charge in [-0.15, -0.1) is 0 Å². The SMILES string of the molecule is CCCCCCC(NCC)C1CCCC1C. The van der Waals surface area contributed by atoms with Crippen molar-refractivity contribution < 1.29 is 0 Å². The van der Waals surface area contributed by atoms with Crippen LogP contribution in [0.3, 0.4) is 0 Å². The molecule has 1 fully saturated rings. The molecule has 16 heavy (non-hydrogen) atoms. The second-order valence-electron chi connectivity index (χ2n) is 5.59. The van der Waals surface area contributed by atoms with Crippen molar-refractivity contribution >= 4 is 0 Å². The zero-order valence-electron chi connectivity index (χ0n) is 11.6. The zero-order valence-corrected chi connectivity index (χ0v) is 11.6. The molecule has 1 aliphatic carbocycles. The lowest BCUT2D eigenvalue weighted by Crippen LogP contribution is -2.37. The first kappa shape index (κ1) is 14.0. The number of hydrogen-bond donors (Lipinski definition) is 1. The van der Waals surface area contributed by atoms with Gasteiger partial charge in [0.1, 0.15) is 0 Å². The predicted molar refractivity (Wildman–Crippen MR) is 72.7 cm³/mol. The average Bonchev–Trinajstić information content (AvgIpc) is 2.69. The average molecular weight is 225 g/mol. The molecule has 0 aromatic heterocycles. The minimum atomic E-state index is 0.805. The molecule has 1 nitrogen and oxygen atoms in total. The van der Waals surface area contributed by atoms with Crippen LogP contribution in [-0.4, -0.2) is 12.6 Å². The lowest BCUT2D eigenvalue weighted by Gasteiger charge is -2.27. The second-order valence-corrected chi connectivity index (χ2v) is 5.59. The number of rotatable bonds is 8. The van der Waals surface area contributed by atoms with Gasteiger partial charge < -0.3 is 5.32 Å². The molecule has 3 atom stereocenters. The molecule has 0 heterocycles. The van der Waals surface area contributed by atoms with Gasteiger partial charge in [-0.05, 0) is 31.2 Å². The smallest absolute Gasteiger partial charge is 0.00977 e. The molecule has 1 rings (SSSR count). The van der Waals surface area contributed by atoms with Crippen molar-refractivity contribution in [3.8, 4) is 0 Å². The summed E-state index contributed by atoms with van der Waals surface area (Å²) in [6, 6.07) is 0.805. The highest BCUT2D eigenvalue weighted by Gasteiger charge is 2.29. The van der Waals surface area contributed by atoms with Gasteiger partial charge in [0, 0.05) is 6.04 Å². The van der Waals surface area contributed by atoms with Crippen molar-refractivity contribution in [2.45, 2.75) is 78.2 Å². The van der Waals surface area contributed by atoms with Crippen molar-refractivity contribution in [1.29, 1.82) is 0 Å². The molecule has 0 aromatic rings. The summed E-state index contributed by atoms with van der Waals surface area (Å²) in [6.07, 6.45) is 11.4. The summed E-state index contributed by atoms with van der Waals surface area (Å²) in [4.78, 5) is 0. The van der Waals surface area contributed by atoms with Crippen molar-refractivity contribution in [3.05, 3.63) is 0 Å². The molecular formula is C15H31N. The van der Waals surface area contributed by atoms with E-state index in [4.69, 9.17) is 0 Å². The van der Waals surface area contributed by atoms with E-state index < -0.39 is 0 Å². The van der Waals surface area contributed by atoms with E-state index in [1.54, 1.807) is 0 Å². The van der Waals surface area contributed by atoms with Crippen LogP contribution in [0.2, 0.25) is 0 Å². The summed E-state index contributed by atoms with van der Waals surface area (Å²) in [5.74, 6) is 1.91. The summed E-state index contributed by atoms with van der Waals surface area (Å²) in [6.45, 7) is 8.13. The lowest BCUT2D eigenvalue weighted by atomic mass is 9.87. The molecule has 96 valence electrons. The minimum absolute atomic E-state index is 0.805. The molecule has 0 radical (unpaired) electrons. The summed E-state index contributed by atoms with van der Waals surface area (Å²) >= 11 is 0. The normalized spacial score (nSPS) is 27.2. The predicted octanol–water partition coefficient (Wildman–Crippen LogP) is 4.37. The van der Waals surface area contributed by atoms with E-state index in [1.165, 1.54) is 51.4 Å².